The summed E-state index contributed by atoms with van der Waals surface area (Å²) in [5.41, 5.74) is 1.35. The Kier molecular flexibility index (Phi) is 6.18. The predicted octanol–water partition coefficient (Wildman–Crippen LogP) is 3.30. The molecule has 1 aliphatic heterocycles. The SMILES string of the molecule is CC#C[C@@H](CC(=O)O)c1ccc(OC[C@H]2COc3ccc(C=O)cc3O2)cc1. The third-order valence-electron chi connectivity index (χ3n) is 4.24. The van der Waals surface area contributed by atoms with Gasteiger partial charge < -0.3 is 19.3 Å². The number of benzene rings is 2. The lowest BCUT2D eigenvalue weighted by Crippen LogP contribution is -2.34. The molecule has 1 aliphatic rings. The number of hydrogen-bond donors (Lipinski definition) is 1. The number of carboxylic acids is 1. The molecule has 2 aromatic carbocycles. The van der Waals surface area contributed by atoms with E-state index in [0.29, 0.717) is 29.4 Å². The van der Waals surface area contributed by atoms with E-state index in [1.165, 1.54) is 0 Å². The molecule has 144 valence electrons. The molecule has 0 amide bonds. The van der Waals surface area contributed by atoms with Crippen molar-refractivity contribution in [1.82, 2.24) is 0 Å². The van der Waals surface area contributed by atoms with Crippen LogP contribution in [0.25, 0.3) is 0 Å². The molecule has 1 heterocycles. The average molecular weight is 380 g/mol. The van der Waals surface area contributed by atoms with Crippen LogP contribution in [0.15, 0.2) is 42.5 Å². The van der Waals surface area contributed by atoms with Crippen molar-refractivity contribution >= 4 is 12.3 Å². The van der Waals surface area contributed by atoms with E-state index >= 15 is 0 Å². The highest BCUT2D eigenvalue weighted by Crippen LogP contribution is 2.32. The maximum atomic E-state index is 11.0. The van der Waals surface area contributed by atoms with Crippen LogP contribution >= 0.6 is 0 Å². The maximum absolute atomic E-state index is 11.0. The van der Waals surface area contributed by atoms with Crippen LogP contribution in [0.3, 0.4) is 0 Å². The quantitative estimate of drug-likeness (QED) is 0.586. The van der Waals surface area contributed by atoms with E-state index in [1.54, 1.807) is 37.3 Å². The Morgan fingerprint density at radius 1 is 1.29 bits per heavy atom. The van der Waals surface area contributed by atoms with E-state index in [1.807, 2.05) is 12.1 Å². The van der Waals surface area contributed by atoms with E-state index in [2.05, 4.69) is 11.8 Å². The summed E-state index contributed by atoms with van der Waals surface area (Å²) in [7, 11) is 0. The molecule has 6 nitrogen and oxygen atoms in total. The molecule has 28 heavy (non-hydrogen) atoms. The van der Waals surface area contributed by atoms with Crippen LogP contribution in [0.2, 0.25) is 0 Å². The molecule has 0 bridgehead atoms. The van der Waals surface area contributed by atoms with Gasteiger partial charge in [-0.1, -0.05) is 18.1 Å². The van der Waals surface area contributed by atoms with Gasteiger partial charge >= 0.3 is 5.97 Å². The van der Waals surface area contributed by atoms with E-state index in [9.17, 15) is 9.59 Å². The number of carbonyl (C=O) groups excluding carboxylic acids is 1. The van der Waals surface area contributed by atoms with Crippen molar-refractivity contribution in [2.24, 2.45) is 0 Å². The van der Waals surface area contributed by atoms with Crippen molar-refractivity contribution in [3.63, 3.8) is 0 Å². The highest BCUT2D eigenvalue weighted by molar-refractivity contribution is 5.76. The molecule has 0 radical (unpaired) electrons. The second-order valence-corrected chi connectivity index (χ2v) is 6.30. The highest BCUT2D eigenvalue weighted by Gasteiger charge is 2.22. The summed E-state index contributed by atoms with van der Waals surface area (Å²) in [5.74, 6) is 6.22. The molecule has 0 unspecified atom stereocenters. The smallest absolute Gasteiger partial charge is 0.304 e. The molecule has 2 aromatic rings. The van der Waals surface area contributed by atoms with Gasteiger partial charge in [-0.3, -0.25) is 9.59 Å². The molecule has 2 atom stereocenters. The Morgan fingerprint density at radius 2 is 2.07 bits per heavy atom. The van der Waals surface area contributed by atoms with Gasteiger partial charge in [-0.15, -0.1) is 5.92 Å². The molecule has 0 aliphatic carbocycles. The van der Waals surface area contributed by atoms with Gasteiger partial charge in [-0.25, -0.2) is 0 Å². The highest BCUT2D eigenvalue weighted by atomic mass is 16.6. The topological polar surface area (TPSA) is 82.1 Å². The molecular weight excluding hydrogens is 360 g/mol. The minimum absolute atomic E-state index is 0.0452. The molecule has 0 saturated carbocycles. The molecule has 0 aromatic heterocycles. The fourth-order valence-corrected chi connectivity index (χ4v) is 2.87. The summed E-state index contributed by atoms with van der Waals surface area (Å²) in [6, 6.07) is 12.2. The zero-order valence-electron chi connectivity index (χ0n) is 15.4. The lowest BCUT2D eigenvalue weighted by atomic mass is 9.96. The van der Waals surface area contributed by atoms with Gasteiger partial charge in [0.05, 0.1) is 12.3 Å². The molecule has 0 fully saturated rings. The van der Waals surface area contributed by atoms with Gasteiger partial charge in [0.2, 0.25) is 0 Å². The monoisotopic (exact) mass is 380 g/mol. The summed E-state index contributed by atoms with van der Waals surface area (Å²) in [6.45, 7) is 2.31. The number of fused-ring (bicyclic) bond motifs is 1. The Bertz CT molecular complexity index is 907. The predicted molar refractivity (Wildman–Crippen MR) is 102 cm³/mol. The van der Waals surface area contributed by atoms with Crippen LogP contribution in [0.1, 0.15) is 35.2 Å². The Hall–Kier alpha value is -3.46. The standard InChI is InChI=1S/C22H20O6/c1-2-3-17(11-22(24)25)16-5-7-18(8-6-16)26-13-19-14-27-20-9-4-15(12-23)10-21(20)28-19/h4-10,12,17,19H,11,13-14H2,1H3,(H,24,25)/t17-,19-/m0/s1. The van der Waals surface area contributed by atoms with Crippen LogP contribution in [0.4, 0.5) is 0 Å². The summed E-state index contributed by atoms with van der Waals surface area (Å²) in [4.78, 5) is 21.9. The van der Waals surface area contributed by atoms with E-state index in [0.717, 1.165) is 11.8 Å². The molecule has 6 heteroatoms. The van der Waals surface area contributed by atoms with Gasteiger partial charge in [0.1, 0.15) is 25.2 Å². The first-order chi connectivity index (χ1) is 13.6. The first-order valence-electron chi connectivity index (χ1n) is 8.84. The number of hydrogen-bond acceptors (Lipinski definition) is 5. The van der Waals surface area contributed by atoms with E-state index < -0.39 is 5.97 Å². The first kappa shape index (κ1) is 19.3. The van der Waals surface area contributed by atoms with Crippen molar-refractivity contribution in [2.45, 2.75) is 25.4 Å². The van der Waals surface area contributed by atoms with Gasteiger partial charge in [0, 0.05) is 5.56 Å². The van der Waals surface area contributed by atoms with E-state index in [4.69, 9.17) is 19.3 Å². The third-order valence-corrected chi connectivity index (χ3v) is 4.24. The first-order valence-corrected chi connectivity index (χ1v) is 8.84. The minimum Gasteiger partial charge on any atom is -0.490 e. The number of aliphatic carboxylic acids is 1. The van der Waals surface area contributed by atoms with E-state index in [-0.39, 0.29) is 25.0 Å². The fourth-order valence-electron chi connectivity index (χ4n) is 2.87. The summed E-state index contributed by atoms with van der Waals surface area (Å²) in [5, 5.41) is 9.02. The van der Waals surface area contributed by atoms with Crippen molar-refractivity contribution in [2.75, 3.05) is 13.2 Å². The number of carboxylic acid groups (broad SMARTS) is 1. The summed E-state index contributed by atoms with van der Waals surface area (Å²) in [6.07, 6.45) is 0.405. The Balaban J connectivity index is 1.59. The average Bonchev–Trinajstić information content (AvgIpc) is 2.71. The normalized spacial score (nSPS) is 15.7. The van der Waals surface area contributed by atoms with Crippen LogP contribution in [-0.2, 0) is 4.79 Å². The van der Waals surface area contributed by atoms with Crippen molar-refractivity contribution in [1.29, 1.82) is 0 Å². The Labute approximate surface area is 163 Å². The summed E-state index contributed by atoms with van der Waals surface area (Å²) < 4.78 is 17.3. The molecule has 1 N–H and O–H groups in total. The van der Waals surface area contributed by atoms with Crippen molar-refractivity contribution in [3.05, 3.63) is 53.6 Å². The fraction of sp³-hybridized carbons (Fsp3) is 0.273. The summed E-state index contributed by atoms with van der Waals surface area (Å²) >= 11 is 0. The zero-order chi connectivity index (χ0) is 19.9. The Morgan fingerprint density at radius 3 is 2.75 bits per heavy atom. The molecular formula is C22H20O6. The number of aldehydes is 1. The minimum atomic E-state index is -0.888. The van der Waals surface area contributed by atoms with Crippen molar-refractivity contribution < 1.29 is 28.9 Å². The van der Waals surface area contributed by atoms with Crippen LogP contribution < -0.4 is 14.2 Å². The lowest BCUT2D eigenvalue weighted by Gasteiger charge is -2.26. The largest absolute Gasteiger partial charge is 0.490 e. The van der Waals surface area contributed by atoms with Crippen molar-refractivity contribution in [3.8, 4) is 29.1 Å². The number of carbonyl (C=O) groups is 2. The second kappa shape index (κ2) is 8.96. The molecule has 3 rings (SSSR count). The van der Waals surface area contributed by atoms with Gasteiger partial charge in [0.25, 0.3) is 0 Å². The lowest BCUT2D eigenvalue weighted by molar-refractivity contribution is -0.137. The van der Waals surface area contributed by atoms with Crippen LogP contribution in [0, 0.1) is 11.8 Å². The van der Waals surface area contributed by atoms with Gasteiger partial charge in [-0.05, 0) is 42.8 Å². The van der Waals surface area contributed by atoms with Crippen LogP contribution in [0.5, 0.6) is 17.2 Å². The molecule has 0 spiro atoms. The van der Waals surface area contributed by atoms with Gasteiger partial charge in [-0.2, -0.15) is 0 Å². The number of ether oxygens (including phenoxy) is 3. The molecule has 0 saturated heterocycles. The second-order valence-electron chi connectivity index (χ2n) is 6.30. The number of rotatable bonds is 7. The maximum Gasteiger partial charge on any atom is 0.304 e. The van der Waals surface area contributed by atoms with Gasteiger partial charge in [0.15, 0.2) is 17.6 Å². The third kappa shape index (κ3) is 4.83. The zero-order valence-corrected chi connectivity index (χ0v) is 15.4. The van der Waals surface area contributed by atoms with Crippen LogP contribution in [-0.4, -0.2) is 36.7 Å².